The molecule has 0 aromatic carbocycles. The van der Waals surface area contributed by atoms with Gasteiger partial charge in [0.1, 0.15) is 0 Å². The second-order valence-electron chi connectivity index (χ2n) is 2.78. The summed E-state index contributed by atoms with van der Waals surface area (Å²) in [5, 5.41) is 12.2. The minimum Gasteiger partial charge on any atom is -0.388 e. The van der Waals surface area contributed by atoms with Gasteiger partial charge in [-0.25, -0.2) is 0 Å². The van der Waals surface area contributed by atoms with Gasteiger partial charge in [-0.15, -0.1) is 23.7 Å². The van der Waals surface area contributed by atoms with E-state index in [2.05, 4.69) is 5.92 Å². The van der Waals surface area contributed by atoms with Crippen LogP contribution in [0.2, 0.25) is 5.02 Å². The molecule has 1 aromatic heterocycles. The van der Waals surface area contributed by atoms with Crippen molar-refractivity contribution in [2.24, 2.45) is 0 Å². The smallest absolute Gasteiger partial charge is 0.0882 e. The first-order chi connectivity index (χ1) is 6.24. The molecule has 0 aliphatic rings. The van der Waals surface area contributed by atoms with Crippen LogP contribution in [-0.2, 0) is 0 Å². The topological polar surface area (TPSA) is 20.2 Å². The van der Waals surface area contributed by atoms with Crippen LogP contribution in [0.15, 0.2) is 11.4 Å². The van der Waals surface area contributed by atoms with Crippen molar-refractivity contribution in [2.75, 3.05) is 0 Å². The third-order valence-electron chi connectivity index (χ3n) is 1.71. The van der Waals surface area contributed by atoms with Crippen molar-refractivity contribution in [3.63, 3.8) is 0 Å². The molecule has 0 aliphatic carbocycles. The first kappa shape index (κ1) is 10.6. The molecule has 0 saturated heterocycles. The molecule has 0 amide bonds. The van der Waals surface area contributed by atoms with E-state index in [1.807, 2.05) is 5.38 Å². The molecule has 0 radical (unpaired) electrons. The van der Waals surface area contributed by atoms with Crippen LogP contribution in [0.3, 0.4) is 0 Å². The Labute approximate surface area is 87.4 Å². The number of thiophene rings is 1. The number of hydrogen-bond donors (Lipinski definition) is 1. The zero-order valence-corrected chi connectivity index (χ0v) is 8.74. The Morgan fingerprint density at radius 1 is 1.69 bits per heavy atom. The lowest BCUT2D eigenvalue weighted by Crippen LogP contribution is -1.93. The van der Waals surface area contributed by atoms with Crippen LogP contribution >= 0.6 is 22.9 Å². The van der Waals surface area contributed by atoms with Gasteiger partial charge in [-0.2, -0.15) is 0 Å². The quantitative estimate of drug-likeness (QED) is 0.603. The predicted molar refractivity (Wildman–Crippen MR) is 57.0 cm³/mol. The lowest BCUT2D eigenvalue weighted by molar-refractivity contribution is 0.169. The number of rotatable bonds is 4. The van der Waals surface area contributed by atoms with Gasteiger partial charge >= 0.3 is 0 Å². The van der Waals surface area contributed by atoms with E-state index in [0.29, 0.717) is 11.4 Å². The van der Waals surface area contributed by atoms with E-state index >= 15 is 0 Å². The molecule has 1 N–H and O–H groups in total. The summed E-state index contributed by atoms with van der Waals surface area (Å²) in [5.74, 6) is 2.55. The number of aliphatic hydroxyl groups is 1. The van der Waals surface area contributed by atoms with Crippen LogP contribution in [0.5, 0.6) is 0 Å². The predicted octanol–water partition coefficient (Wildman–Crippen LogP) is 3.24. The molecule has 0 fully saturated rings. The van der Waals surface area contributed by atoms with E-state index in [9.17, 15) is 5.11 Å². The Bertz CT molecular complexity index is 300. The molecule has 0 spiro atoms. The number of halogens is 1. The fourth-order valence-corrected chi connectivity index (χ4v) is 2.15. The molecule has 0 saturated carbocycles. The fraction of sp³-hybridized carbons (Fsp3) is 0.400. The number of unbranched alkanes of at least 4 members (excludes halogenated alkanes) is 1. The van der Waals surface area contributed by atoms with Crippen molar-refractivity contribution in [1.29, 1.82) is 0 Å². The minimum absolute atomic E-state index is 0.411. The molecule has 1 atom stereocenters. The molecule has 1 nitrogen and oxygen atoms in total. The monoisotopic (exact) mass is 214 g/mol. The number of aliphatic hydroxyl groups excluding tert-OH is 1. The molecule has 1 heterocycles. The first-order valence-electron chi connectivity index (χ1n) is 4.09. The summed E-state index contributed by atoms with van der Waals surface area (Å²) in [6.07, 6.45) is 6.98. The van der Waals surface area contributed by atoms with E-state index in [-0.39, 0.29) is 0 Å². The van der Waals surface area contributed by atoms with Crippen LogP contribution in [-0.4, -0.2) is 5.11 Å². The number of terminal acetylenes is 1. The Kier molecular flexibility index (Phi) is 4.31. The molecule has 70 valence electrons. The molecule has 1 aromatic rings. The Hall–Kier alpha value is -0.490. The maximum absolute atomic E-state index is 9.64. The highest BCUT2D eigenvalue weighted by atomic mass is 35.5. The molecular formula is C10H11ClOS. The van der Waals surface area contributed by atoms with Crippen LogP contribution in [0.4, 0.5) is 0 Å². The van der Waals surface area contributed by atoms with Crippen LogP contribution < -0.4 is 0 Å². The van der Waals surface area contributed by atoms with E-state index in [0.717, 1.165) is 17.7 Å². The van der Waals surface area contributed by atoms with Gasteiger partial charge in [0, 0.05) is 16.7 Å². The standard InChI is InChI=1S/C10H11ClOS/c1-2-3-4-5-9(12)10-6-8(11)7-13-10/h1,6-7,9,12H,3-5H2. The lowest BCUT2D eigenvalue weighted by Gasteiger charge is -2.05. The van der Waals surface area contributed by atoms with Gasteiger partial charge in [-0.3, -0.25) is 0 Å². The van der Waals surface area contributed by atoms with Crippen molar-refractivity contribution in [2.45, 2.75) is 25.4 Å². The summed E-state index contributed by atoms with van der Waals surface area (Å²) in [7, 11) is 0. The summed E-state index contributed by atoms with van der Waals surface area (Å²) in [5.41, 5.74) is 0. The average Bonchev–Trinajstić information content (AvgIpc) is 2.52. The van der Waals surface area contributed by atoms with E-state index in [1.165, 1.54) is 11.3 Å². The van der Waals surface area contributed by atoms with Crippen LogP contribution in [0.25, 0.3) is 0 Å². The normalized spacial score (nSPS) is 12.4. The fourth-order valence-electron chi connectivity index (χ4n) is 1.04. The van der Waals surface area contributed by atoms with E-state index < -0.39 is 6.10 Å². The number of hydrogen-bond acceptors (Lipinski definition) is 2. The Morgan fingerprint density at radius 3 is 3.00 bits per heavy atom. The summed E-state index contributed by atoms with van der Waals surface area (Å²) in [4.78, 5) is 0.919. The van der Waals surface area contributed by atoms with Crippen molar-refractivity contribution in [3.05, 3.63) is 21.3 Å². The maximum Gasteiger partial charge on any atom is 0.0882 e. The zero-order valence-electron chi connectivity index (χ0n) is 7.16. The van der Waals surface area contributed by atoms with Crippen molar-refractivity contribution in [1.82, 2.24) is 0 Å². The first-order valence-corrected chi connectivity index (χ1v) is 5.35. The van der Waals surface area contributed by atoms with Crippen molar-refractivity contribution >= 4 is 22.9 Å². The Morgan fingerprint density at radius 2 is 2.46 bits per heavy atom. The van der Waals surface area contributed by atoms with E-state index in [4.69, 9.17) is 18.0 Å². The summed E-state index contributed by atoms with van der Waals surface area (Å²) in [6, 6.07) is 1.80. The molecule has 3 heteroatoms. The largest absolute Gasteiger partial charge is 0.388 e. The van der Waals surface area contributed by atoms with Gasteiger partial charge in [-0.1, -0.05) is 11.6 Å². The van der Waals surface area contributed by atoms with Gasteiger partial charge in [0.25, 0.3) is 0 Å². The maximum atomic E-state index is 9.64. The Balaban J connectivity index is 2.40. The highest BCUT2D eigenvalue weighted by Crippen LogP contribution is 2.27. The third kappa shape index (κ3) is 3.40. The average molecular weight is 215 g/mol. The van der Waals surface area contributed by atoms with Crippen molar-refractivity contribution < 1.29 is 5.11 Å². The molecule has 13 heavy (non-hydrogen) atoms. The van der Waals surface area contributed by atoms with Gasteiger partial charge in [-0.05, 0) is 18.9 Å². The second kappa shape index (κ2) is 5.29. The van der Waals surface area contributed by atoms with Crippen LogP contribution in [0.1, 0.15) is 30.2 Å². The van der Waals surface area contributed by atoms with Gasteiger partial charge in [0.05, 0.1) is 11.1 Å². The van der Waals surface area contributed by atoms with Gasteiger partial charge in [0.2, 0.25) is 0 Å². The molecule has 0 aliphatic heterocycles. The summed E-state index contributed by atoms with van der Waals surface area (Å²) < 4.78 is 0. The third-order valence-corrected chi connectivity index (χ3v) is 3.10. The SMILES string of the molecule is C#CCCCC(O)c1cc(Cl)cs1. The zero-order chi connectivity index (χ0) is 9.68. The summed E-state index contributed by atoms with van der Waals surface area (Å²) >= 11 is 7.21. The van der Waals surface area contributed by atoms with Crippen molar-refractivity contribution in [3.8, 4) is 12.3 Å². The molecule has 1 rings (SSSR count). The van der Waals surface area contributed by atoms with Crippen LogP contribution in [0, 0.1) is 12.3 Å². The highest BCUT2D eigenvalue weighted by Gasteiger charge is 2.08. The molecule has 0 bridgehead atoms. The molecule has 1 unspecified atom stereocenters. The summed E-state index contributed by atoms with van der Waals surface area (Å²) in [6.45, 7) is 0. The van der Waals surface area contributed by atoms with Gasteiger partial charge < -0.3 is 5.11 Å². The van der Waals surface area contributed by atoms with E-state index in [1.54, 1.807) is 6.07 Å². The second-order valence-corrected chi connectivity index (χ2v) is 4.16. The van der Waals surface area contributed by atoms with Gasteiger partial charge in [0.15, 0.2) is 0 Å². The molecular weight excluding hydrogens is 204 g/mol. The minimum atomic E-state index is -0.411. The highest BCUT2D eigenvalue weighted by molar-refractivity contribution is 7.10. The lowest BCUT2D eigenvalue weighted by atomic mass is 10.1.